The van der Waals surface area contributed by atoms with Gasteiger partial charge in [-0.25, -0.2) is 20.0 Å². The van der Waals surface area contributed by atoms with Crippen LogP contribution in [0.5, 0.6) is 5.75 Å². The number of anilines is 1. The Balaban J connectivity index is 1.47. The van der Waals surface area contributed by atoms with Crippen molar-refractivity contribution in [2.24, 2.45) is 0 Å². The topological polar surface area (TPSA) is 143 Å². The number of fused-ring (bicyclic) bond motifs is 1. The van der Waals surface area contributed by atoms with Gasteiger partial charge in [0.05, 0.1) is 25.6 Å². The zero-order chi connectivity index (χ0) is 23.5. The number of hydrogen-bond acceptors (Lipinski definition) is 9. The maximum Gasteiger partial charge on any atom is 0.342 e. The largest absolute Gasteiger partial charge is 0.465 e. The first-order valence-corrected chi connectivity index (χ1v) is 12.5. The summed E-state index contributed by atoms with van der Waals surface area (Å²) in [6.07, 6.45) is 3.41. The molecule has 0 spiro atoms. The molecule has 1 fully saturated rings. The molecule has 0 aliphatic heterocycles. The van der Waals surface area contributed by atoms with E-state index in [2.05, 4.69) is 20.0 Å². The van der Waals surface area contributed by atoms with Gasteiger partial charge in [-0.3, -0.25) is 9.36 Å². The van der Waals surface area contributed by atoms with Gasteiger partial charge in [0.15, 0.2) is 11.5 Å². The molecular formula is C21H27N6O5P. The van der Waals surface area contributed by atoms with Gasteiger partial charge in [-0.1, -0.05) is 18.2 Å². The van der Waals surface area contributed by atoms with Gasteiger partial charge in [0.2, 0.25) is 0 Å². The summed E-state index contributed by atoms with van der Waals surface area (Å²) in [5.41, 5.74) is 5.92. The lowest BCUT2D eigenvalue weighted by atomic mass is 10.3. The number of para-hydroxylation sites is 1. The predicted molar refractivity (Wildman–Crippen MR) is 122 cm³/mol. The van der Waals surface area contributed by atoms with Crippen molar-refractivity contribution in [2.75, 3.05) is 18.7 Å². The van der Waals surface area contributed by atoms with Gasteiger partial charge >= 0.3 is 13.5 Å². The molecule has 2 aromatic heterocycles. The van der Waals surface area contributed by atoms with E-state index in [0.29, 0.717) is 42.1 Å². The Morgan fingerprint density at radius 1 is 1.27 bits per heavy atom. The second-order valence-corrected chi connectivity index (χ2v) is 9.94. The van der Waals surface area contributed by atoms with E-state index in [1.165, 1.54) is 6.33 Å². The van der Waals surface area contributed by atoms with E-state index in [1.54, 1.807) is 42.1 Å². The average molecular weight is 474 g/mol. The Labute approximate surface area is 191 Å². The summed E-state index contributed by atoms with van der Waals surface area (Å²) >= 11 is 0. The standard InChI is InChI=1S/C21H27N6O5P/c1-3-30-20(28)21(9-10-21)26-33(29,32-16-7-5-4-6-8-16)14-31-15(2)11-27-13-25-17-18(22)23-12-24-19(17)27/h4-8,12-13,15H,3,9-11,14H2,1-2H3,(H,26,29)(H2,22,23,24)/t15-,33?/m1/s1. The van der Waals surface area contributed by atoms with Crippen LogP contribution in [-0.2, 0) is 25.4 Å². The third kappa shape index (κ3) is 5.32. The van der Waals surface area contributed by atoms with Crippen molar-refractivity contribution in [3.63, 3.8) is 0 Å². The Bertz CT molecular complexity index is 1170. The molecule has 1 saturated carbocycles. The number of rotatable bonds is 11. The van der Waals surface area contributed by atoms with E-state index < -0.39 is 19.0 Å². The number of benzene rings is 1. The van der Waals surface area contributed by atoms with Gasteiger partial charge in [0, 0.05) is 0 Å². The third-order valence-corrected chi connectivity index (χ3v) is 6.97. The highest BCUT2D eigenvalue weighted by atomic mass is 31.2. The molecule has 3 aromatic rings. The van der Waals surface area contributed by atoms with Crippen LogP contribution in [0.15, 0.2) is 43.0 Å². The SMILES string of the molecule is CCOC(=O)C1(NP(=O)(CO[C@H](C)Cn2cnc3c(N)ncnc32)Oc2ccccc2)CC1. The van der Waals surface area contributed by atoms with Crippen LogP contribution >= 0.6 is 7.52 Å². The number of nitrogens with zero attached hydrogens (tertiary/aromatic N) is 4. The van der Waals surface area contributed by atoms with Crippen molar-refractivity contribution in [1.29, 1.82) is 0 Å². The van der Waals surface area contributed by atoms with Gasteiger partial charge in [-0.05, 0) is 38.8 Å². The molecule has 0 radical (unpaired) electrons. The summed E-state index contributed by atoms with van der Waals surface area (Å²) in [5, 5.41) is 2.94. The van der Waals surface area contributed by atoms with Gasteiger partial charge in [0.1, 0.15) is 29.5 Å². The quantitative estimate of drug-likeness (QED) is 0.314. The second kappa shape index (κ2) is 9.46. The zero-order valence-electron chi connectivity index (χ0n) is 18.5. The van der Waals surface area contributed by atoms with E-state index in [0.717, 1.165) is 0 Å². The maximum absolute atomic E-state index is 13.8. The van der Waals surface area contributed by atoms with Crippen LogP contribution in [-0.4, -0.2) is 50.1 Å². The minimum absolute atomic E-state index is 0.242. The highest BCUT2D eigenvalue weighted by Crippen LogP contribution is 2.51. The van der Waals surface area contributed by atoms with Crippen molar-refractivity contribution < 1.29 is 23.4 Å². The van der Waals surface area contributed by atoms with E-state index in [1.807, 2.05) is 13.0 Å². The first-order chi connectivity index (χ1) is 15.8. The summed E-state index contributed by atoms with van der Waals surface area (Å²) in [6, 6.07) is 8.78. The molecule has 11 nitrogen and oxygen atoms in total. The zero-order valence-corrected chi connectivity index (χ0v) is 19.4. The number of nitrogens with two attached hydrogens (primary N) is 1. The van der Waals surface area contributed by atoms with Gasteiger partial charge in [-0.2, -0.15) is 0 Å². The molecule has 0 bridgehead atoms. The maximum atomic E-state index is 13.8. The molecule has 1 aromatic carbocycles. The van der Waals surface area contributed by atoms with E-state index in [9.17, 15) is 9.36 Å². The Hall–Kier alpha value is -3.01. The smallest absolute Gasteiger partial charge is 0.342 e. The normalized spacial score (nSPS) is 17.3. The first-order valence-electron chi connectivity index (χ1n) is 10.7. The molecule has 2 heterocycles. The molecular weight excluding hydrogens is 447 g/mol. The molecule has 176 valence electrons. The molecule has 0 amide bonds. The summed E-state index contributed by atoms with van der Waals surface area (Å²) < 4.78 is 32.5. The monoisotopic (exact) mass is 474 g/mol. The van der Waals surface area contributed by atoms with Crippen molar-refractivity contribution >= 4 is 30.5 Å². The summed E-state index contributed by atoms with van der Waals surface area (Å²) in [5.74, 6) is 0.278. The van der Waals surface area contributed by atoms with Crippen LogP contribution in [0.4, 0.5) is 5.82 Å². The van der Waals surface area contributed by atoms with Crippen molar-refractivity contribution in [3.05, 3.63) is 43.0 Å². The number of hydrogen-bond donors (Lipinski definition) is 2. The molecule has 1 aliphatic rings. The molecule has 12 heteroatoms. The number of esters is 1. The number of ether oxygens (including phenoxy) is 2. The Morgan fingerprint density at radius 3 is 2.73 bits per heavy atom. The summed E-state index contributed by atoms with van der Waals surface area (Å²) in [4.78, 5) is 24.8. The van der Waals surface area contributed by atoms with Crippen molar-refractivity contribution in [2.45, 2.75) is 44.9 Å². The molecule has 2 atom stereocenters. The molecule has 3 N–H and O–H groups in total. The fourth-order valence-electron chi connectivity index (χ4n) is 3.40. The fraction of sp³-hybridized carbons (Fsp3) is 0.429. The number of carbonyl (C=O) groups excluding carboxylic acids is 1. The van der Waals surface area contributed by atoms with Crippen LogP contribution in [0.3, 0.4) is 0 Å². The molecule has 1 unspecified atom stereocenters. The molecule has 0 saturated heterocycles. The van der Waals surface area contributed by atoms with Gasteiger partial charge in [-0.15, -0.1) is 0 Å². The van der Waals surface area contributed by atoms with Crippen molar-refractivity contribution in [3.8, 4) is 5.75 Å². The van der Waals surface area contributed by atoms with Crippen LogP contribution < -0.4 is 15.3 Å². The summed E-state index contributed by atoms with van der Waals surface area (Å²) in [6.45, 7) is 4.20. The van der Waals surface area contributed by atoms with E-state index in [-0.39, 0.29) is 19.1 Å². The van der Waals surface area contributed by atoms with Crippen LogP contribution in [0, 0.1) is 0 Å². The first kappa shape index (κ1) is 23.2. The third-order valence-electron chi connectivity index (χ3n) is 5.21. The van der Waals surface area contributed by atoms with E-state index >= 15 is 0 Å². The Morgan fingerprint density at radius 2 is 2.03 bits per heavy atom. The highest BCUT2D eigenvalue weighted by molar-refractivity contribution is 7.57. The fourth-order valence-corrected chi connectivity index (χ4v) is 5.45. The molecule has 4 rings (SSSR count). The van der Waals surface area contributed by atoms with Gasteiger partial charge < -0.3 is 24.3 Å². The number of nitrogen functional groups attached to an aromatic ring is 1. The van der Waals surface area contributed by atoms with Crippen LogP contribution in [0.2, 0.25) is 0 Å². The molecule has 1 aliphatic carbocycles. The minimum Gasteiger partial charge on any atom is -0.465 e. The number of nitrogens with one attached hydrogen (secondary N) is 1. The second-order valence-electron chi connectivity index (χ2n) is 7.93. The highest BCUT2D eigenvalue weighted by Gasteiger charge is 2.55. The lowest BCUT2D eigenvalue weighted by Crippen LogP contribution is -2.40. The minimum atomic E-state index is -3.62. The lowest BCUT2D eigenvalue weighted by Gasteiger charge is -2.26. The number of imidazole rings is 1. The average Bonchev–Trinajstić information content (AvgIpc) is 3.45. The number of carbonyl (C=O) groups is 1. The van der Waals surface area contributed by atoms with Crippen LogP contribution in [0.1, 0.15) is 26.7 Å². The lowest BCUT2D eigenvalue weighted by molar-refractivity contribution is -0.146. The summed E-state index contributed by atoms with van der Waals surface area (Å²) in [7, 11) is -3.62. The number of aromatic nitrogens is 4. The Kier molecular flexibility index (Phi) is 6.64. The predicted octanol–water partition coefficient (Wildman–Crippen LogP) is 2.73. The molecule has 33 heavy (non-hydrogen) atoms. The van der Waals surface area contributed by atoms with Crippen LogP contribution in [0.25, 0.3) is 11.2 Å². The van der Waals surface area contributed by atoms with E-state index in [4.69, 9.17) is 19.7 Å². The van der Waals surface area contributed by atoms with Crippen molar-refractivity contribution in [1.82, 2.24) is 24.6 Å². The van der Waals surface area contributed by atoms with Gasteiger partial charge in [0.25, 0.3) is 0 Å².